The second-order valence-corrected chi connectivity index (χ2v) is 8.56. The summed E-state index contributed by atoms with van der Waals surface area (Å²) in [5.41, 5.74) is 0.773. The van der Waals surface area contributed by atoms with E-state index in [1.165, 1.54) is 0 Å². The number of piperazine rings is 1. The third kappa shape index (κ3) is 4.27. The van der Waals surface area contributed by atoms with Crippen molar-refractivity contribution >= 4 is 28.8 Å². The first-order valence-electron chi connectivity index (χ1n) is 9.90. The molecule has 5 rings (SSSR count). The molecule has 0 aliphatic carbocycles. The third-order valence-electron chi connectivity index (χ3n) is 5.18. The summed E-state index contributed by atoms with van der Waals surface area (Å²) >= 11 is 7.81. The Labute approximate surface area is 187 Å². The molecule has 0 N–H and O–H groups in total. The lowest BCUT2D eigenvalue weighted by molar-refractivity contribution is 0.0586. The van der Waals surface area contributed by atoms with Gasteiger partial charge in [0.15, 0.2) is 5.76 Å². The van der Waals surface area contributed by atoms with E-state index in [1.807, 2.05) is 35.7 Å². The third-order valence-corrected chi connectivity index (χ3v) is 6.38. The molecule has 1 saturated heterocycles. The fraction of sp³-hybridized carbons (Fsp3) is 0.227. The summed E-state index contributed by atoms with van der Waals surface area (Å²) in [5.74, 6) is 1.99. The molecular weight excluding hydrogens is 436 g/mol. The summed E-state index contributed by atoms with van der Waals surface area (Å²) < 4.78 is 11.2. The van der Waals surface area contributed by atoms with Crippen LogP contribution in [0.5, 0.6) is 0 Å². The highest BCUT2D eigenvalue weighted by molar-refractivity contribution is 7.13. The van der Waals surface area contributed by atoms with Gasteiger partial charge in [0.25, 0.3) is 5.91 Å². The maximum absolute atomic E-state index is 12.9. The van der Waals surface area contributed by atoms with Gasteiger partial charge in [-0.15, -0.1) is 11.3 Å². The van der Waals surface area contributed by atoms with Crippen molar-refractivity contribution in [1.82, 2.24) is 19.9 Å². The molecule has 7 nitrogen and oxygen atoms in total. The SMILES string of the molecule is O=C(c1ccc(-c2ccccc2Cl)o1)N1CCN(Cc2nc(-c3cccs3)no2)CC1. The van der Waals surface area contributed by atoms with Crippen molar-refractivity contribution in [3.05, 3.63) is 70.6 Å². The molecule has 1 aliphatic heterocycles. The summed E-state index contributed by atoms with van der Waals surface area (Å²) in [5, 5.41) is 6.63. The smallest absolute Gasteiger partial charge is 0.289 e. The lowest BCUT2D eigenvalue weighted by Crippen LogP contribution is -2.48. The van der Waals surface area contributed by atoms with Gasteiger partial charge in [0.1, 0.15) is 5.76 Å². The molecule has 4 aromatic rings. The van der Waals surface area contributed by atoms with Crippen LogP contribution in [0.1, 0.15) is 16.4 Å². The Kier molecular flexibility index (Phi) is 5.59. The van der Waals surface area contributed by atoms with Crippen LogP contribution in [0.3, 0.4) is 0 Å². The minimum atomic E-state index is -0.115. The summed E-state index contributed by atoms with van der Waals surface area (Å²) in [6.07, 6.45) is 0. The largest absolute Gasteiger partial charge is 0.451 e. The number of thiophene rings is 1. The molecule has 3 aromatic heterocycles. The van der Waals surface area contributed by atoms with Crippen LogP contribution >= 0.6 is 22.9 Å². The minimum Gasteiger partial charge on any atom is -0.451 e. The molecule has 0 radical (unpaired) electrons. The van der Waals surface area contributed by atoms with Gasteiger partial charge in [0, 0.05) is 31.7 Å². The van der Waals surface area contributed by atoms with Crippen molar-refractivity contribution in [3.63, 3.8) is 0 Å². The van der Waals surface area contributed by atoms with Crippen molar-refractivity contribution in [3.8, 4) is 22.0 Å². The first-order chi connectivity index (χ1) is 15.2. The number of carbonyl (C=O) groups is 1. The predicted octanol–water partition coefficient (Wildman–Crippen LogP) is 4.67. The number of aromatic nitrogens is 2. The number of furan rings is 1. The van der Waals surface area contributed by atoms with Gasteiger partial charge >= 0.3 is 0 Å². The number of hydrogen-bond acceptors (Lipinski definition) is 7. The van der Waals surface area contributed by atoms with E-state index in [1.54, 1.807) is 34.4 Å². The molecule has 0 saturated carbocycles. The first kappa shape index (κ1) is 20.0. The molecule has 9 heteroatoms. The van der Waals surface area contributed by atoms with E-state index in [2.05, 4.69) is 15.0 Å². The van der Waals surface area contributed by atoms with E-state index in [4.69, 9.17) is 20.5 Å². The summed E-state index contributed by atoms with van der Waals surface area (Å²) in [4.78, 5) is 22.3. The number of nitrogens with zero attached hydrogens (tertiary/aromatic N) is 4. The lowest BCUT2D eigenvalue weighted by Gasteiger charge is -2.33. The van der Waals surface area contributed by atoms with E-state index in [0.29, 0.717) is 47.9 Å². The second-order valence-electron chi connectivity index (χ2n) is 7.20. The van der Waals surface area contributed by atoms with E-state index >= 15 is 0 Å². The summed E-state index contributed by atoms with van der Waals surface area (Å²) in [7, 11) is 0. The van der Waals surface area contributed by atoms with E-state index < -0.39 is 0 Å². The monoisotopic (exact) mass is 454 g/mol. The van der Waals surface area contributed by atoms with E-state index in [-0.39, 0.29) is 5.91 Å². The number of benzene rings is 1. The van der Waals surface area contributed by atoms with Crippen LogP contribution in [0.15, 0.2) is 62.9 Å². The van der Waals surface area contributed by atoms with Crippen LogP contribution in [0.2, 0.25) is 5.02 Å². The lowest BCUT2D eigenvalue weighted by atomic mass is 10.2. The number of rotatable bonds is 5. The van der Waals surface area contributed by atoms with Crippen molar-refractivity contribution in [2.45, 2.75) is 6.54 Å². The average molecular weight is 455 g/mol. The Morgan fingerprint density at radius 2 is 1.90 bits per heavy atom. The standard InChI is InChI=1S/C22H19ClN4O3S/c23-16-5-2-1-4-15(16)17-7-8-18(29-17)22(28)27-11-9-26(10-12-27)14-20-24-21(25-30-20)19-6-3-13-31-19/h1-8,13H,9-12,14H2. The molecular formula is C22H19ClN4O3S. The Morgan fingerprint density at radius 3 is 2.68 bits per heavy atom. The predicted molar refractivity (Wildman–Crippen MR) is 118 cm³/mol. The van der Waals surface area contributed by atoms with Crippen LogP contribution in [0.25, 0.3) is 22.0 Å². The molecule has 1 amide bonds. The maximum Gasteiger partial charge on any atom is 0.289 e. The fourth-order valence-electron chi connectivity index (χ4n) is 3.54. The quantitative estimate of drug-likeness (QED) is 0.436. The molecule has 0 atom stereocenters. The highest BCUT2D eigenvalue weighted by Gasteiger charge is 2.25. The Bertz CT molecular complexity index is 1180. The topological polar surface area (TPSA) is 75.6 Å². The highest BCUT2D eigenvalue weighted by atomic mass is 35.5. The Morgan fingerprint density at radius 1 is 1.06 bits per heavy atom. The molecule has 4 heterocycles. The molecule has 0 unspecified atom stereocenters. The molecule has 1 fully saturated rings. The van der Waals surface area contributed by atoms with Crippen LogP contribution in [0.4, 0.5) is 0 Å². The number of hydrogen-bond donors (Lipinski definition) is 0. The Hall–Kier alpha value is -2.94. The van der Waals surface area contributed by atoms with Crippen LogP contribution in [-0.2, 0) is 6.54 Å². The zero-order chi connectivity index (χ0) is 21.2. The van der Waals surface area contributed by atoms with E-state index in [9.17, 15) is 4.79 Å². The second kappa shape index (κ2) is 8.66. The van der Waals surface area contributed by atoms with Gasteiger partial charge < -0.3 is 13.8 Å². The fourth-order valence-corrected chi connectivity index (χ4v) is 4.42. The van der Waals surface area contributed by atoms with Gasteiger partial charge in [0.05, 0.1) is 16.4 Å². The number of halogens is 1. The molecule has 158 valence electrons. The van der Waals surface area contributed by atoms with Crippen molar-refractivity contribution in [1.29, 1.82) is 0 Å². The van der Waals surface area contributed by atoms with Gasteiger partial charge in [-0.1, -0.05) is 35.0 Å². The van der Waals surface area contributed by atoms with Crippen molar-refractivity contribution < 1.29 is 13.7 Å². The molecule has 1 aliphatic rings. The van der Waals surface area contributed by atoms with Gasteiger partial charge in [-0.2, -0.15) is 4.98 Å². The van der Waals surface area contributed by atoms with Crippen LogP contribution in [-0.4, -0.2) is 52.0 Å². The zero-order valence-corrected chi connectivity index (χ0v) is 18.1. The number of carbonyl (C=O) groups excluding carboxylic acids is 1. The summed E-state index contributed by atoms with van der Waals surface area (Å²) in [6.45, 7) is 3.22. The Balaban J connectivity index is 1.18. The van der Waals surface area contributed by atoms with Gasteiger partial charge in [0.2, 0.25) is 11.7 Å². The molecule has 31 heavy (non-hydrogen) atoms. The van der Waals surface area contributed by atoms with Crippen molar-refractivity contribution in [2.75, 3.05) is 26.2 Å². The zero-order valence-electron chi connectivity index (χ0n) is 16.5. The summed E-state index contributed by atoms with van der Waals surface area (Å²) in [6, 6.07) is 14.8. The van der Waals surface area contributed by atoms with Gasteiger partial charge in [-0.25, -0.2) is 0 Å². The normalized spacial score (nSPS) is 14.8. The molecule has 0 spiro atoms. The first-order valence-corrected chi connectivity index (χ1v) is 11.2. The maximum atomic E-state index is 12.9. The average Bonchev–Trinajstić information content (AvgIpc) is 3.55. The highest BCUT2D eigenvalue weighted by Crippen LogP contribution is 2.29. The van der Waals surface area contributed by atoms with E-state index in [0.717, 1.165) is 23.5 Å². The van der Waals surface area contributed by atoms with Gasteiger partial charge in [-0.05, 0) is 35.7 Å². The minimum absolute atomic E-state index is 0.115. The molecule has 0 bridgehead atoms. The van der Waals surface area contributed by atoms with Crippen LogP contribution < -0.4 is 0 Å². The van der Waals surface area contributed by atoms with Gasteiger partial charge in [-0.3, -0.25) is 9.69 Å². The number of amides is 1. The molecule has 1 aromatic carbocycles. The van der Waals surface area contributed by atoms with Crippen LogP contribution in [0, 0.1) is 0 Å². The van der Waals surface area contributed by atoms with Crippen molar-refractivity contribution in [2.24, 2.45) is 0 Å².